The van der Waals surface area contributed by atoms with Crippen LogP contribution in [0.4, 0.5) is 0 Å². The third kappa shape index (κ3) is 3.05. The van der Waals surface area contributed by atoms with Crippen molar-refractivity contribution >= 4 is 21.6 Å². The molecule has 142 valence electrons. The molecule has 0 aliphatic carbocycles. The number of aryl methyl sites for hydroxylation is 1. The Labute approximate surface area is 169 Å². The first kappa shape index (κ1) is 17.6. The van der Waals surface area contributed by atoms with Crippen molar-refractivity contribution in [2.75, 3.05) is 13.1 Å². The Morgan fingerprint density at radius 2 is 1.86 bits per heavy atom. The number of aromatic nitrogens is 3. The van der Waals surface area contributed by atoms with E-state index in [9.17, 15) is 0 Å². The van der Waals surface area contributed by atoms with Gasteiger partial charge in [-0.3, -0.25) is 9.58 Å². The first-order chi connectivity index (χ1) is 13.7. The van der Waals surface area contributed by atoms with Gasteiger partial charge in [0.25, 0.3) is 0 Å². The highest BCUT2D eigenvalue weighted by Gasteiger charge is 2.25. The van der Waals surface area contributed by atoms with Crippen molar-refractivity contribution in [3.8, 4) is 11.3 Å². The Kier molecular flexibility index (Phi) is 4.49. The molecule has 1 aliphatic heterocycles. The molecule has 5 heteroatoms. The summed E-state index contributed by atoms with van der Waals surface area (Å²) < 4.78 is 3.35. The maximum atomic E-state index is 4.85. The number of rotatable bonds is 3. The molecule has 2 aromatic carbocycles. The summed E-state index contributed by atoms with van der Waals surface area (Å²) in [4.78, 5) is 7.09. The average molecular weight is 389 g/mol. The fourth-order valence-electron chi connectivity index (χ4n) is 4.36. The first-order valence-electron chi connectivity index (χ1n) is 9.88. The molecule has 0 N–H and O–H groups in total. The molecule has 5 rings (SSSR count). The van der Waals surface area contributed by atoms with E-state index in [-0.39, 0.29) is 0 Å². The second kappa shape index (κ2) is 7.15. The van der Waals surface area contributed by atoms with Crippen LogP contribution in [0.2, 0.25) is 0 Å². The molecule has 0 radical (unpaired) electrons. The second-order valence-electron chi connectivity index (χ2n) is 7.55. The topological polar surface area (TPSA) is 34.0 Å². The molecule has 0 fully saturated rings. The van der Waals surface area contributed by atoms with Crippen LogP contribution in [-0.4, -0.2) is 32.8 Å². The minimum atomic E-state index is 0.383. The van der Waals surface area contributed by atoms with Crippen molar-refractivity contribution in [2.45, 2.75) is 25.8 Å². The van der Waals surface area contributed by atoms with Crippen LogP contribution < -0.4 is 0 Å². The van der Waals surface area contributed by atoms with Crippen LogP contribution in [0.15, 0.2) is 54.0 Å². The maximum absolute atomic E-state index is 4.85. The van der Waals surface area contributed by atoms with Gasteiger partial charge in [0.1, 0.15) is 0 Å². The van der Waals surface area contributed by atoms with Gasteiger partial charge >= 0.3 is 0 Å². The lowest BCUT2D eigenvalue weighted by Gasteiger charge is -2.28. The lowest BCUT2D eigenvalue weighted by Crippen LogP contribution is -2.29. The highest BCUT2D eigenvalue weighted by molar-refractivity contribution is 7.16. The molecule has 3 heterocycles. The molecule has 0 saturated heterocycles. The van der Waals surface area contributed by atoms with Crippen LogP contribution in [-0.2, 0) is 19.9 Å². The zero-order valence-corrected chi connectivity index (χ0v) is 17.1. The van der Waals surface area contributed by atoms with E-state index >= 15 is 0 Å². The molecule has 0 saturated carbocycles. The number of benzene rings is 2. The average Bonchev–Trinajstić information content (AvgIpc) is 3.25. The Morgan fingerprint density at radius 3 is 2.71 bits per heavy atom. The molecule has 28 heavy (non-hydrogen) atoms. The Hall–Kier alpha value is -2.50. The van der Waals surface area contributed by atoms with E-state index in [4.69, 9.17) is 5.10 Å². The summed E-state index contributed by atoms with van der Waals surface area (Å²) in [6.07, 6.45) is 2.08. The number of thiazole rings is 1. The minimum Gasteiger partial charge on any atom is -0.296 e. The van der Waals surface area contributed by atoms with Gasteiger partial charge in [0.15, 0.2) is 0 Å². The van der Waals surface area contributed by atoms with Gasteiger partial charge in [0, 0.05) is 49.4 Å². The van der Waals surface area contributed by atoms with Crippen LogP contribution in [0.25, 0.3) is 21.5 Å². The van der Waals surface area contributed by atoms with E-state index < -0.39 is 0 Å². The van der Waals surface area contributed by atoms with E-state index in [0.717, 1.165) is 37.1 Å². The Morgan fingerprint density at radius 1 is 1.04 bits per heavy atom. The summed E-state index contributed by atoms with van der Waals surface area (Å²) in [6.45, 7) is 4.42. The van der Waals surface area contributed by atoms with Crippen LogP contribution in [0.1, 0.15) is 29.8 Å². The zero-order valence-electron chi connectivity index (χ0n) is 16.3. The predicted molar refractivity (Wildman–Crippen MR) is 116 cm³/mol. The predicted octanol–water partition coefficient (Wildman–Crippen LogP) is 4.86. The SMILES string of the molecule is CC(c1ccc2scnc2c1)N1CCc2c(-c3ccccc3)nn(C)c2CC1. The number of hydrogen-bond acceptors (Lipinski definition) is 4. The van der Waals surface area contributed by atoms with Crippen LogP contribution in [0, 0.1) is 0 Å². The first-order valence-corrected chi connectivity index (χ1v) is 10.8. The molecule has 1 atom stereocenters. The summed E-state index contributed by atoms with van der Waals surface area (Å²) in [6, 6.07) is 17.7. The molecule has 1 aliphatic rings. The van der Waals surface area contributed by atoms with Gasteiger partial charge in [-0.2, -0.15) is 5.10 Å². The molecule has 4 nitrogen and oxygen atoms in total. The van der Waals surface area contributed by atoms with Gasteiger partial charge in [-0.05, 0) is 31.0 Å². The summed E-state index contributed by atoms with van der Waals surface area (Å²) >= 11 is 1.71. The highest BCUT2D eigenvalue weighted by Crippen LogP contribution is 2.31. The fourth-order valence-corrected chi connectivity index (χ4v) is 5.01. The van der Waals surface area contributed by atoms with Crippen LogP contribution in [0.5, 0.6) is 0 Å². The third-order valence-corrected chi connectivity index (χ3v) is 6.80. The molecular weight excluding hydrogens is 364 g/mol. The van der Waals surface area contributed by atoms with E-state index in [2.05, 4.69) is 77.1 Å². The van der Waals surface area contributed by atoms with Gasteiger partial charge in [0.05, 0.1) is 21.4 Å². The van der Waals surface area contributed by atoms with E-state index in [0.29, 0.717) is 6.04 Å². The van der Waals surface area contributed by atoms with E-state index in [1.807, 2.05) is 5.51 Å². The quantitative estimate of drug-likeness (QED) is 0.503. The Bertz CT molecular complexity index is 1110. The number of nitrogens with zero attached hydrogens (tertiary/aromatic N) is 4. The molecule has 0 spiro atoms. The molecular formula is C23H24N4S. The molecule has 0 amide bonds. The standard InChI is InChI=1S/C23H24N4S/c1-16(18-8-9-22-20(14-18)24-15-28-22)27-12-10-19-21(11-13-27)26(2)25-23(19)17-6-4-3-5-7-17/h3-9,14-16H,10-13H2,1-2H3. The number of fused-ring (bicyclic) bond motifs is 2. The van der Waals surface area contributed by atoms with Crippen molar-refractivity contribution in [3.05, 3.63) is 70.9 Å². The van der Waals surface area contributed by atoms with Crippen molar-refractivity contribution in [3.63, 3.8) is 0 Å². The van der Waals surface area contributed by atoms with E-state index in [1.165, 1.54) is 27.1 Å². The Balaban J connectivity index is 1.42. The van der Waals surface area contributed by atoms with Crippen molar-refractivity contribution in [1.29, 1.82) is 0 Å². The lowest BCUT2D eigenvalue weighted by molar-refractivity contribution is 0.220. The largest absolute Gasteiger partial charge is 0.296 e. The van der Waals surface area contributed by atoms with Gasteiger partial charge in [-0.25, -0.2) is 4.98 Å². The van der Waals surface area contributed by atoms with Crippen LogP contribution in [0.3, 0.4) is 0 Å². The van der Waals surface area contributed by atoms with Gasteiger partial charge < -0.3 is 0 Å². The summed E-state index contributed by atoms with van der Waals surface area (Å²) in [5.74, 6) is 0. The van der Waals surface area contributed by atoms with Crippen molar-refractivity contribution < 1.29 is 0 Å². The molecule has 2 aromatic heterocycles. The summed E-state index contributed by atoms with van der Waals surface area (Å²) in [7, 11) is 2.08. The number of hydrogen-bond donors (Lipinski definition) is 0. The zero-order chi connectivity index (χ0) is 19.1. The summed E-state index contributed by atoms with van der Waals surface area (Å²) in [5.41, 5.74) is 9.56. The molecule has 0 bridgehead atoms. The van der Waals surface area contributed by atoms with Crippen molar-refractivity contribution in [2.24, 2.45) is 7.05 Å². The normalized spacial score (nSPS) is 16.1. The highest BCUT2D eigenvalue weighted by atomic mass is 32.1. The fraction of sp³-hybridized carbons (Fsp3) is 0.304. The van der Waals surface area contributed by atoms with E-state index in [1.54, 1.807) is 11.3 Å². The minimum absolute atomic E-state index is 0.383. The monoisotopic (exact) mass is 388 g/mol. The van der Waals surface area contributed by atoms with Gasteiger partial charge in [0.2, 0.25) is 0 Å². The summed E-state index contributed by atoms with van der Waals surface area (Å²) in [5, 5.41) is 4.85. The van der Waals surface area contributed by atoms with Crippen molar-refractivity contribution in [1.82, 2.24) is 19.7 Å². The lowest BCUT2D eigenvalue weighted by atomic mass is 10.0. The molecule has 4 aromatic rings. The molecule has 1 unspecified atom stereocenters. The third-order valence-electron chi connectivity index (χ3n) is 5.99. The smallest absolute Gasteiger partial charge is 0.0958 e. The van der Waals surface area contributed by atoms with Gasteiger partial charge in [-0.15, -0.1) is 11.3 Å². The van der Waals surface area contributed by atoms with Crippen LogP contribution >= 0.6 is 11.3 Å². The van der Waals surface area contributed by atoms with Gasteiger partial charge in [-0.1, -0.05) is 36.4 Å². The maximum Gasteiger partial charge on any atom is 0.0958 e. The second-order valence-corrected chi connectivity index (χ2v) is 8.44.